The van der Waals surface area contributed by atoms with Gasteiger partial charge in [-0.15, -0.1) is 0 Å². The first-order chi connectivity index (χ1) is 7.57. The Balaban J connectivity index is 2.28. The van der Waals surface area contributed by atoms with Gasteiger partial charge in [0.2, 0.25) is 0 Å². The molecule has 0 bridgehead atoms. The molecule has 0 spiro atoms. The Hall–Kier alpha value is -1.07. The second-order valence-corrected chi connectivity index (χ2v) is 5.88. The maximum absolute atomic E-state index is 11.4. The number of benzene rings is 1. The Morgan fingerprint density at radius 2 is 1.94 bits per heavy atom. The van der Waals surface area contributed by atoms with Crippen LogP contribution in [0.3, 0.4) is 0 Å². The minimum absolute atomic E-state index is 0.372. The van der Waals surface area contributed by atoms with Crippen LogP contribution < -0.4 is 4.90 Å². The molecule has 2 rings (SSSR count). The number of hydrogen-bond acceptors (Lipinski definition) is 4. The summed E-state index contributed by atoms with van der Waals surface area (Å²) in [7, 11) is -3.12. The Bertz CT molecular complexity index is 464. The number of sulfone groups is 1. The highest BCUT2D eigenvalue weighted by Crippen LogP contribution is 2.20. The van der Waals surface area contributed by atoms with Crippen LogP contribution in [0.25, 0.3) is 0 Å². The van der Waals surface area contributed by atoms with Crippen LogP contribution in [0.4, 0.5) is 5.69 Å². The molecule has 16 heavy (non-hydrogen) atoms. The Morgan fingerprint density at radius 1 is 1.25 bits per heavy atom. The van der Waals surface area contributed by atoms with E-state index in [0.29, 0.717) is 18.1 Å². The van der Waals surface area contributed by atoms with Gasteiger partial charge < -0.3 is 9.64 Å². The molecule has 0 atom stereocenters. The molecule has 1 fully saturated rings. The molecule has 1 saturated heterocycles. The monoisotopic (exact) mass is 241 g/mol. The van der Waals surface area contributed by atoms with Gasteiger partial charge in [-0.05, 0) is 18.2 Å². The molecule has 0 radical (unpaired) electrons. The summed E-state index contributed by atoms with van der Waals surface area (Å²) in [5.41, 5.74) is 0.950. The molecule has 0 amide bonds. The second-order valence-electron chi connectivity index (χ2n) is 3.87. The zero-order valence-electron chi connectivity index (χ0n) is 9.22. The standard InChI is InChI=1S/C11H15NO3S/c1-16(13,14)11-4-2-3-10(9-11)12-5-7-15-8-6-12/h2-4,9H,5-8H2,1H3. The minimum Gasteiger partial charge on any atom is -0.378 e. The lowest BCUT2D eigenvalue weighted by Crippen LogP contribution is -2.36. The van der Waals surface area contributed by atoms with Gasteiger partial charge in [0.05, 0.1) is 18.1 Å². The largest absolute Gasteiger partial charge is 0.378 e. The second kappa shape index (κ2) is 4.43. The third-order valence-corrected chi connectivity index (χ3v) is 3.73. The highest BCUT2D eigenvalue weighted by atomic mass is 32.2. The number of ether oxygens (including phenoxy) is 1. The van der Waals surface area contributed by atoms with Crippen molar-refractivity contribution in [3.63, 3.8) is 0 Å². The van der Waals surface area contributed by atoms with E-state index in [9.17, 15) is 8.42 Å². The molecule has 1 heterocycles. The number of anilines is 1. The van der Waals surface area contributed by atoms with E-state index in [0.717, 1.165) is 18.8 Å². The fraction of sp³-hybridized carbons (Fsp3) is 0.455. The van der Waals surface area contributed by atoms with E-state index >= 15 is 0 Å². The molecule has 5 heteroatoms. The first-order valence-corrected chi connectivity index (χ1v) is 7.09. The summed E-state index contributed by atoms with van der Waals surface area (Å²) in [5, 5.41) is 0. The van der Waals surface area contributed by atoms with Gasteiger partial charge in [0, 0.05) is 25.0 Å². The number of morpholine rings is 1. The van der Waals surface area contributed by atoms with Gasteiger partial charge in [0.25, 0.3) is 0 Å². The van der Waals surface area contributed by atoms with E-state index in [1.54, 1.807) is 18.2 Å². The molecule has 4 nitrogen and oxygen atoms in total. The Morgan fingerprint density at radius 3 is 2.56 bits per heavy atom. The molecule has 1 aromatic carbocycles. The molecular formula is C11H15NO3S. The summed E-state index contributed by atoms with van der Waals surface area (Å²) in [5.74, 6) is 0. The normalized spacial score (nSPS) is 17.4. The van der Waals surface area contributed by atoms with Gasteiger partial charge >= 0.3 is 0 Å². The van der Waals surface area contributed by atoms with Crippen molar-refractivity contribution in [3.8, 4) is 0 Å². The average molecular weight is 241 g/mol. The maximum Gasteiger partial charge on any atom is 0.175 e. The van der Waals surface area contributed by atoms with Crippen LogP contribution in [0, 0.1) is 0 Å². The third kappa shape index (κ3) is 2.54. The third-order valence-electron chi connectivity index (χ3n) is 2.62. The van der Waals surface area contributed by atoms with Gasteiger partial charge in [0.15, 0.2) is 9.84 Å². The van der Waals surface area contributed by atoms with Crippen molar-refractivity contribution in [2.45, 2.75) is 4.90 Å². The summed E-state index contributed by atoms with van der Waals surface area (Å²) in [6.45, 7) is 3.02. The minimum atomic E-state index is -3.12. The van der Waals surface area contributed by atoms with Gasteiger partial charge in [-0.25, -0.2) is 8.42 Å². The van der Waals surface area contributed by atoms with Crippen LogP contribution in [0.15, 0.2) is 29.2 Å². The maximum atomic E-state index is 11.4. The van der Waals surface area contributed by atoms with Crippen LogP contribution in [0.5, 0.6) is 0 Å². The lowest BCUT2D eigenvalue weighted by atomic mass is 10.2. The van der Waals surface area contributed by atoms with Crippen molar-refractivity contribution in [3.05, 3.63) is 24.3 Å². The first kappa shape index (κ1) is 11.4. The van der Waals surface area contributed by atoms with Crippen LogP contribution in [0.2, 0.25) is 0 Å². The number of nitrogens with zero attached hydrogens (tertiary/aromatic N) is 1. The SMILES string of the molecule is CS(=O)(=O)c1cccc(N2CCOCC2)c1. The van der Waals surface area contributed by atoms with E-state index < -0.39 is 9.84 Å². The van der Waals surface area contributed by atoms with Gasteiger partial charge in [0.1, 0.15) is 0 Å². The van der Waals surface area contributed by atoms with E-state index in [1.165, 1.54) is 6.26 Å². The Labute approximate surface area is 95.7 Å². The van der Waals surface area contributed by atoms with Crippen molar-refractivity contribution < 1.29 is 13.2 Å². The summed E-state index contributed by atoms with van der Waals surface area (Å²) in [6.07, 6.45) is 1.23. The molecule has 88 valence electrons. The van der Waals surface area contributed by atoms with E-state index in [1.807, 2.05) is 6.07 Å². The van der Waals surface area contributed by atoms with Crippen molar-refractivity contribution in [2.75, 3.05) is 37.5 Å². The van der Waals surface area contributed by atoms with Gasteiger partial charge in [-0.1, -0.05) is 6.07 Å². The van der Waals surface area contributed by atoms with Crippen molar-refractivity contribution >= 4 is 15.5 Å². The van der Waals surface area contributed by atoms with Crippen LogP contribution in [0.1, 0.15) is 0 Å². The fourth-order valence-corrected chi connectivity index (χ4v) is 2.39. The lowest BCUT2D eigenvalue weighted by Gasteiger charge is -2.29. The topological polar surface area (TPSA) is 46.6 Å². The summed E-state index contributed by atoms with van der Waals surface area (Å²) >= 11 is 0. The van der Waals surface area contributed by atoms with Crippen molar-refractivity contribution in [1.82, 2.24) is 0 Å². The van der Waals surface area contributed by atoms with Crippen molar-refractivity contribution in [1.29, 1.82) is 0 Å². The van der Waals surface area contributed by atoms with E-state index in [4.69, 9.17) is 4.74 Å². The zero-order chi connectivity index (χ0) is 11.6. The molecule has 0 unspecified atom stereocenters. The molecule has 1 aliphatic heterocycles. The smallest absolute Gasteiger partial charge is 0.175 e. The highest BCUT2D eigenvalue weighted by Gasteiger charge is 2.13. The predicted octanol–water partition coefficient (Wildman–Crippen LogP) is 0.927. The van der Waals surface area contributed by atoms with E-state index in [2.05, 4.69) is 4.90 Å². The summed E-state index contributed by atoms with van der Waals surface area (Å²) in [6, 6.07) is 7.06. The summed E-state index contributed by atoms with van der Waals surface area (Å²) < 4.78 is 28.1. The lowest BCUT2D eigenvalue weighted by molar-refractivity contribution is 0.122. The zero-order valence-corrected chi connectivity index (χ0v) is 10.0. The van der Waals surface area contributed by atoms with Crippen LogP contribution in [-0.2, 0) is 14.6 Å². The molecule has 0 aromatic heterocycles. The fourth-order valence-electron chi connectivity index (χ4n) is 1.73. The number of hydrogen-bond donors (Lipinski definition) is 0. The van der Waals surface area contributed by atoms with Crippen LogP contribution in [-0.4, -0.2) is 41.0 Å². The van der Waals surface area contributed by atoms with Gasteiger partial charge in [-0.3, -0.25) is 0 Å². The summed E-state index contributed by atoms with van der Waals surface area (Å²) in [4.78, 5) is 2.51. The van der Waals surface area contributed by atoms with E-state index in [-0.39, 0.29) is 0 Å². The average Bonchev–Trinajstić information content (AvgIpc) is 2.29. The van der Waals surface area contributed by atoms with Crippen LogP contribution >= 0.6 is 0 Å². The predicted molar refractivity (Wildman–Crippen MR) is 62.6 cm³/mol. The molecule has 0 aliphatic carbocycles. The molecule has 0 N–H and O–H groups in total. The number of rotatable bonds is 2. The van der Waals surface area contributed by atoms with Gasteiger partial charge in [-0.2, -0.15) is 0 Å². The highest BCUT2D eigenvalue weighted by molar-refractivity contribution is 7.90. The first-order valence-electron chi connectivity index (χ1n) is 5.20. The molecule has 0 saturated carbocycles. The molecular weight excluding hydrogens is 226 g/mol. The molecule has 1 aromatic rings. The Kier molecular flexibility index (Phi) is 3.16. The van der Waals surface area contributed by atoms with Crippen molar-refractivity contribution in [2.24, 2.45) is 0 Å². The molecule has 1 aliphatic rings. The quantitative estimate of drug-likeness (QED) is 0.772.